The van der Waals surface area contributed by atoms with Crippen molar-refractivity contribution in [1.29, 1.82) is 0 Å². The highest BCUT2D eigenvalue weighted by Crippen LogP contribution is 2.29. The maximum absolute atomic E-state index is 6.27. The number of hydrogen-bond donors (Lipinski definition) is 6. The topological polar surface area (TPSA) is 172 Å². The molecule has 0 aliphatic heterocycles. The molecule has 0 spiro atoms. The third-order valence-electron chi connectivity index (χ3n) is 5.86. The molecule has 10 heteroatoms. The number of fused-ring (bicyclic) bond motifs is 1. The van der Waals surface area contributed by atoms with Gasteiger partial charge in [0.1, 0.15) is 0 Å². The molecule has 3 aromatic rings. The Balaban J connectivity index is 1.63. The number of nitrogens with one attached hydrogen (secondary N) is 2. The summed E-state index contributed by atoms with van der Waals surface area (Å²) in [7, 11) is 0. The summed E-state index contributed by atoms with van der Waals surface area (Å²) in [5.74, 6) is 1.54. The fourth-order valence-electron chi connectivity index (χ4n) is 4.08. The van der Waals surface area contributed by atoms with Crippen molar-refractivity contribution in [3.63, 3.8) is 0 Å². The maximum Gasteiger partial charge on any atom is 0.226 e. The third-order valence-corrected chi connectivity index (χ3v) is 5.86. The summed E-state index contributed by atoms with van der Waals surface area (Å²) >= 11 is 0. The van der Waals surface area contributed by atoms with Crippen LogP contribution in [0.4, 0.5) is 29.1 Å². The van der Waals surface area contributed by atoms with E-state index in [0.717, 1.165) is 31.2 Å². The number of anilines is 5. The molecule has 0 bridgehead atoms. The lowest BCUT2D eigenvalue weighted by Gasteiger charge is -2.26. The van der Waals surface area contributed by atoms with Crippen LogP contribution in [0.3, 0.4) is 0 Å². The van der Waals surface area contributed by atoms with E-state index in [4.69, 9.17) is 27.9 Å². The van der Waals surface area contributed by atoms with Crippen LogP contribution in [-0.4, -0.2) is 31.6 Å². The number of rotatable bonds is 6. The van der Waals surface area contributed by atoms with Crippen LogP contribution in [-0.2, 0) is 6.54 Å². The number of nitrogens with zero attached hydrogens (tertiary/aromatic N) is 4. The molecule has 1 aromatic carbocycles. The van der Waals surface area contributed by atoms with Crippen molar-refractivity contribution < 1.29 is 0 Å². The van der Waals surface area contributed by atoms with Gasteiger partial charge in [-0.2, -0.15) is 9.97 Å². The van der Waals surface area contributed by atoms with E-state index < -0.39 is 0 Å². The van der Waals surface area contributed by atoms with E-state index in [9.17, 15) is 0 Å². The zero-order valence-electron chi connectivity index (χ0n) is 18.1. The van der Waals surface area contributed by atoms with E-state index in [0.29, 0.717) is 52.8 Å². The quantitative estimate of drug-likeness (QED) is 0.325. The summed E-state index contributed by atoms with van der Waals surface area (Å²) in [6.07, 6.45) is 4.00. The summed E-state index contributed by atoms with van der Waals surface area (Å²) in [4.78, 5) is 13.9. The van der Waals surface area contributed by atoms with Crippen LogP contribution in [0, 0.1) is 0 Å². The minimum Gasteiger partial charge on any atom is -0.397 e. The predicted molar refractivity (Wildman–Crippen MR) is 127 cm³/mol. The molecule has 2 heterocycles. The molecule has 1 aliphatic carbocycles. The standard InChI is InChI=1S/C21H32N10/c1-11(2)31-19-17(28-21(31)26-10-12-4-3-5-15(23)16(12)24)18(25)29-20(30-19)27-14-8-6-13(22)7-9-14/h3-5,11,13-14H,6-10,22-24H2,1-2H3,(H,26,28)(H3,25,27,29,30). The van der Waals surface area contributed by atoms with Crippen LogP contribution in [0.15, 0.2) is 18.2 Å². The molecule has 1 saturated carbocycles. The summed E-state index contributed by atoms with van der Waals surface area (Å²) in [5.41, 5.74) is 27.6. The van der Waals surface area contributed by atoms with Gasteiger partial charge >= 0.3 is 0 Å². The van der Waals surface area contributed by atoms with Gasteiger partial charge in [0, 0.05) is 24.7 Å². The number of aromatic nitrogens is 4. The first-order chi connectivity index (χ1) is 14.8. The van der Waals surface area contributed by atoms with Gasteiger partial charge < -0.3 is 33.6 Å². The van der Waals surface area contributed by atoms with Crippen LogP contribution in [0.2, 0.25) is 0 Å². The number of nitrogens with two attached hydrogens (primary N) is 4. The van der Waals surface area contributed by atoms with E-state index in [-0.39, 0.29) is 12.1 Å². The van der Waals surface area contributed by atoms with E-state index in [1.54, 1.807) is 6.07 Å². The van der Waals surface area contributed by atoms with Crippen molar-refractivity contribution >= 4 is 40.3 Å². The Labute approximate surface area is 181 Å². The SMILES string of the molecule is CC(C)n1c(NCc2cccc(N)c2N)nc2c(N)nc(NC3CCC(N)CC3)nc21. The van der Waals surface area contributed by atoms with E-state index in [1.807, 2.05) is 16.7 Å². The van der Waals surface area contributed by atoms with Crippen molar-refractivity contribution in [2.24, 2.45) is 5.73 Å². The molecule has 0 unspecified atom stereocenters. The van der Waals surface area contributed by atoms with Crippen LogP contribution in [0.1, 0.15) is 51.1 Å². The van der Waals surface area contributed by atoms with Gasteiger partial charge in [-0.05, 0) is 51.2 Å². The minimum absolute atomic E-state index is 0.112. The molecule has 0 radical (unpaired) electrons. The summed E-state index contributed by atoms with van der Waals surface area (Å²) in [5, 5.41) is 6.79. The smallest absolute Gasteiger partial charge is 0.226 e. The molecule has 0 amide bonds. The van der Waals surface area contributed by atoms with E-state index >= 15 is 0 Å². The molecular weight excluding hydrogens is 392 g/mol. The van der Waals surface area contributed by atoms with Gasteiger partial charge in [-0.15, -0.1) is 0 Å². The molecule has 1 fully saturated rings. The zero-order chi connectivity index (χ0) is 22.1. The summed E-state index contributed by atoms with van der Waals surface area (Å²) < 4.78 is 2.03. The second-order valence-electron chi connectivity index (χ2n) is 8.53. The average Bonchev–Trinajstić information content (AvgIpc) is 3.10. The zero-order valence-corrected chi connectivity index (χ0v) is 18.1. The number of benzene rings is 1. The molecule has 10 N–H and O–H groups in total. The van der Waals surface area contributed by atoms with Crippen LogP contribution in [0.25, 0.3) is 11.2 Å². The van der Waals surface area contributed by atoms with E-state index in [1.165, 1.54) is 0 Å². The number of nitrogen functional groups attached to an aromatic ring is 3. The summed E-state index contributed by atoms with van der Waals surface area (Å²) in [6, 6.07) is 6.31. The van der Waals surface area contributed by atoms with Crippen LogP contribution < -0.4 is 33.6 Å². The highest BCUT2D eigenvalue weighted by molar-refractivity contribution is 5.85. The largest absolute Gasteiger partial charge is 0.397 e. The monoisotopic (exact) mass is 424 g/mol. The predicted octanol–water partition coefficient (Wildman–Crippen LogP) is 2.45. The second-order valence-corrected chi connectivity index (χ2v) is 8.53. The molecule has 1 aliphatic rings. The Morgan fingerprint density at radius 2 is 1.81 bits per heavy atom. The number of para-hydroxylation sites is 1. The van der Waals surface area contributed by atoms with Crippen molar-refractivity contribution in [1.82, 2.24) is 19.5 Å². The molecular formula is C21H32N10. The maximum atomic E-state index is 6.27. The Morgan fingerprint density at radius 1 is 1.06 bits per heavy atom. The van der Waals surface area contributed by atoms with Crippen LogP contribution in [0.5, 0.6) is 0 Å². The lowest BCUT2D eigenvalue weighted by Crippen LogP contribution is -2.33. The van der Waals surface area contributed by atoms with Gasteiger partial charge in [-0.25, -0.2) is 4.98 Å². The highest BCUT2D eigenvalue weighted by Gasteiger charge is 2.22. The van der Waals surface area contributed by atoms with Gasteiger partial charge in [-0.3, -0.25) is 4.57 Å². The Hall–Kier alpha value is -3.27. The molecule has 0 saturated heterocycles. The lowest BCUT2D eigenvalue weighted by atomic mass is 9.92. The molecule has 4 rings (SSSR count). The normalized spacial score (nSPS) is 19.1. The number of imidazole rings is 1. The second kappa shape index (κ2) is 8.46. The number of hydrogen-bond acceptors (Lipinski definition) is 9. The van der Waals surface area contributed by atoms with Crippen molar-refractivity contribution in [2.45, 2.75) is 64.2 Å². The lowest BCUT2D eigenvalue weighted by molar-refractivity contribution is 0.410. The molecule has 0 atom stereocenters. The van der Waals surface area contributed by atoms with Gasteiger partial charge in [-0.1, -0.05) is 12.1 Å². The molecule has 31 heavy (non-hydrogen) atoms. The van der Waals surface area contributed by atoms with Gasteiger partial charge in [0.05, 0.1) is 11.4 Å². The van der Waals surface area contributed by atoms with Crippen molar-refractivity contribution in [3.8, 4) is 0 Å². The van der Waals surface area contributed by atoms with Gasteiger partial charge in [0.25, 0.3) is 0 Å². The van der Waals surface area contributed by atoms with Crippen molar-refractivity contribution in [2.75, 3.05) is 27.8 Å². The van der Waals surface area contributed by atoms with Crippen LogP contribution >= 0.6 is 0 Å². The first-order valence-corrected chi connectivity index (χ1v) is 10.8. The van der Waals surface area contributed by atoms with Gasteiger partial charge in [0.15, 0.2) is 17.0 Å². The Kier molecular flexibility index (Phi) is 5.73. The summed E-state index contributed by atoms with van der Waals surface area (Å²) in [6.45, 7) is 4.64. The first kappa shape index (κ1) is 21.0. The van der Waals surface area contributed by atoms with Crippen molar-refractivity contribution in [3.05, 3.63) is 23.8 Å². The van der Waals surface area contributed by atoms with E-state index in [2.05, 4.69) is 34.4 Å². The third kappa shape index (κ3) is 4.29. The Morgan fingerprint density at radius 3 is 2.52 bits per heavy atom. The van der Waals surface area contributed by atoms with Gasteiger partial charge in [0.2, 0.25) is 11.9 Å². The fraction of sp³-hybridized carbons (Fsp3) is 0.476. The average molecular weight is 425 g/mol. The first-order valence-electron chi connectivity index (χ1n) is 10.8. The molecule has 166 valence electrons. The minimum atomic E-state index is 0.112. The molecule has 10 nitrogen and oxygen atoms in total. The highest BCUT2D eigenvalue weighted by atomic mass is 15.3. The molecule has 2 aromatic heterocycles. The fourth-order valence-corrected chi connectivity index (χ4v) is 4.08. The Bertz CT molecular complexity index is 1070.